The van der Waals surface area contributed by atoms with E-state index in [1.54, 1.807) is 6.08 Å². The van der Waals surface area contributed by atoms with Crippen LogP contribution < -0.4 is 4.74 Å². The molecule has 3 rings (SSSR count). The fourth-order valence-corrected chi connectivity index (χ4v) is 4.59. The Labute approximate surface area is 175 Å². The maximum Gasteiger partial charge on any atom is 0.331 e. The van der Waals surface area contributed by atoms with E-state index in [1.807, 2.05) is 32.0 Å². The van der Waals surface area contributed by atoms with Gasteiger partial charge in [0.05, 0.1) is 6.61 Å². The zero-order valence-electron chi connectivity index (χ0n) is 17.8. The zero-order valence-corrected chi connectivity index (χ0v) is 17.8. The van der Waals surface area contributed by atoms with Crippen molar-refractivity contribution in [1.82, 2.24) is 0 Å². The van der Waals surface area contributed by atoms with E-state index in [9.17, 15) is 25.1 Å². The summed E-state index contributed by atoms with van der Waals surface area (Å²) in [5.74, 6) is -0.691. The molecule has 0 bridgehead atoms. The van der Waals surface area contributed by atoms with Gasteiger partial charge in [0.25, 0.3) is 5.09 Å². The second kappa shape index (κ2) is 7.58. The number of carboxylic acids is 1. The molecule has 0 fully saturated rings. The summed E-state index contributed by atoms with van der Waals surface area (Å²) < 4.78 is 6.24. The van der Waals surface area contributed by atoms with Crippen LogP contribution in [-0.2, 0) is 15.0 Å². The average Bonchev–Trinajstić information content (AvgIpc) is 2.64. The topological polar surface area (TPSA) is 119 Å². The van der Waals surface area contributed by atoms with Crippen molar-refractivity contribution in [3.05, 3.63) is 51.1 Å². The molecule has 1 aliphatic carbocycles. The Morgan fingerprint density at radius 2 is 2.10 bits per heavy atom. The Morgan fingerprint density at radius 3 is 2.73 bits per heavy atom. The van der Waals surface area contributed by atoms with Gasteiger partial charge in [-0.15, -0.1) is 10.1 Å². The van der Waals surface area contributed by atoms with Crippen LogP contribution in [0.25, 0.3) is 0 Å². The van der Waals surface area contributed by atoms with E-state index in [0.717, 1.165) is 11.1 Å². The summed E-state index contributed by atoms with van der Waals surface area (Å²) in [6.07, 6.45) is 3.27. The number of rotatable bonds is 7. The molecule has 0 saturated carbocycles. The average molecular weight is 419 g/mol. The number of ether oxygens (including phenoxy) is 1. The van der Waals surface area contributed by atoms with Crippen LogP contribution in [0.1, 0.15) is 70.4 Å². The van der Waals surface area contributed by atoms with Crippen molar-refractivity contribution in [3.63, 3.8) is 0 Å². The molecule has 0 aromatic heterocycles. The van der Waals surface area contributed by atoms with Crippen LogP contribution in [0.2, 0.25) is 0 Å². The van der Waals surface area contributed by atoms with Crippen molar-refractivity contribution >= 4 is 5.97 Å². The molecule has 0 spiro atoms. The molecule has 8 heteroatoms. The first-order valence-electron chi connectivity index (χ1n) is 10.1. The van der Waals surface area contributed by atoms with Crippen LogP contribution in [0.5, 0.6) is 5.75 Å². The van der Waals surface area contributed by atoms with Gasteiger partial charge >= 0.3 is 5.97 Å². The van der Waals surface area contributed by atoms with E-state index >= 15 is 0 Å². The highest BCUT2D eigenvalue weighted by Crippen LogP contribution is 2.54. The second-order valence-corrected chi connectivity index (χ2v) is 9.33. The van der Waals surface area contributed by atoms with E-state index in [4.69, 9.17) is 4.74 Å². The summed E-state index contributed by atoms with van der Waals surface area (Å²) in [5.41, 5.74) is -0.241. The number of carbonyl (C=O) groups is 1. The Balaban J connectivity index is 1.90. The number of hydrogen-bond donors (Lipinski definition) is 2. The number of benzene rings is 1. The highest BCUT2D eigenvalue weighted by molar-refractivity contribution is 5.87. The van der Waals surface area contributed by atoms with Gasteiger partial charge in [0, 0.05) is 17.1 Å². The molecule has 164 valence electrons. The summed E-state index contributed by atoms with van der Waals surface area (Å²) in [6, 6.07) is 5.83. The lowest BCUT2D eigenvalue weighted by Gasteiger charge is -2.53. The third-order valence-corrected chi connectivity index (χ3v) is 6.66. The maximum absolute atomic E-state index is 11.5. The van der Waals surface area contributed by atoms with Crippen LogP contribution in [0.3, 0.4) is 0 Å². The van der Waals surface area contributed by atoms with Gasteiger partial charge in [-0.1, -0.05) is 32.1 Å². The van der Waals surface area contributed by atoms with E-state index in [-0.39, 0.29) is 30.8 Å². The van der Waals surface area contributed by atoms with Gasteiger partial charge in [0.1, 0.15) is 17.0 Å². The monoisotopic (exact) mass is 419 g/mol. The van der Waals surface area contributed by atoms with Gasteiger partial charge in [0.2, 0.25) is 0 Å². The molecule has 1 heterocycles. The largest absolute Gasteiger partial charge is 0.485 e. The van der Waals surface area contributed by atoms with Crippen molar-refractivity contribution in [2.24, 2.45) is 0 Å². The molecule has 0 radical (unpaired) electrons. The lowest BCUT2D eigenvalue weighted by atomic mass is 9.63. The van der Waals surface area contributed by atoms with E-state index in [0.29, 0.717) is 24.2 Å². The van der Waals surface area contributed by atoms with Crippen molar-refractivity contribution in [1.29, 1.82) is 0 Å². The summed E-state index contributed by atoms with van der Waals surface area (Å²) in [5, 5.41) is 30.4. The lowest BCUT2D eigenvalue weighted by molar-refractivity contribution is -0.757. The van der Waals surface area contributed by atoms with Gasteiger partial charge in [-0.05, 0) is 56.6 Å². The van der Waals surface area contributed by atoms with Crippen molar-refractivity contribution in [3.8, 4) is 5.75 Å². The number of hydrogen-bond acceptors (Lipinski definition) is 6. The molecule has 1 aliphatic heterocycles. The van der Waals surface area contributed by atoms with E-state index in [1.165, 1.54) is 0 Å². The number of aliphatic carboxylic acids is 1. The van der Waals surface area contributed by atoms with Crippen LogP contribution in [0, 0.1) is 10.1 Å². The van der Waals surface area contributed by atoms with Gasteiger partial charge < -0.3 is 19.8 Å². The summed E-state index contributed by atoms with van der Waals surface area (Å²) in [6.45, 7) is 7.81. The third kappa shape index (κ3) is 3.88. The van der Waals surface area contributed by atoms with Gasteiger partial charge in [-0.3, -0.25) is 0 Å². The first-order chi connectivity index (χ1) is 13.9. The smallest absolute Gasteiger partial charge is 0.331 e. The molecular formula is C22H29NO7. The molecule has 30 heavy (non-hydrogen) atoms. The van der Waals surface area contributed by atoms with Gasteiger partial charge in [0.15, 0.2) is 0 Å². The third-order valence-electron chi connectivity index (χ3n) is 6.66. The molecule has 2 aliphatic rings. The van der Waals surface area contributed by atoms with Gasteiger partial charge in [-0.2, -0.15) is 0 Å². The quantitative estimate of drug-likeness (QED) is 0.392. The predicted octanol–water partition coefficient (Wildman–Crippen LogP) is 3.74. The minimum atomic E-state index is -1.20. The summed E-state index contributed by atoms with van der Waals surface area (Å²) in [4.78, 5) is 26.3. The highest BCUT2D eigenvalue weighted by atomic mass is 16.9. The minimum absolute atomic E-state index is 0.0459. The molecule has 8 nitrogen and oxygen atoms in total. The van der Waals surface area contributed by atoms with E-state index in [2.05, 4.69) is 18.7 Å². The molecule has 0 amide bonds. The maximum atomic E-state index is 11.5. The molecule has 0 unspecified atom stereocenters. The number of carboxylic acid groups (broad SMARTS) is 1. The van der Waals surface area contributed by atoms with Crippen LogP contribution in [-0.4, -0.2) is 39.1 Å². The van der Waals surface area contributed by atoms with Crippen molar-refractivity contribution in [2.45, 2.75) is 75.9 Å². The van der Waals surface area contributed by atoms with Crippen molar-refractivity contribution in [2.75, 3.05) is 6.61 Å². The molecular weight excluding hydrogens is 390 g/mol. The number of nitrogens with zero attached hydrogens (tertiary/aromatic N) is 1. The fourth-order valence-electron chi connectivity index (χ4n) is 4.59. The lowest BCUT2D eigenvalue weighted by Crippen LogP contribution is -2.61. The van der Waals surface area contributed by atoms with Crippen molar-refractivity contribution < 1.29 is 29.7 Å². The fraction of sp³-hybridized carbons (Fsp3) is 0.591. The van der Waals surface area contributed by atoms with Crippen LogP contribution >= 0.6 is 0 Å². The van der Waals surface area contributed by atoms with E-state index < -0.39 is 22.3 Å². The molecule has 2 atom stereocenters. The normalized spacial score (nSPS) is 24.7. The highest BCUT2D eigenvalue weighted by Gasteiger charge is 2.56. The zero-order chi connectivity index (χ0) is 22.3. The molecule has 1 aromatic rings. The SMILES string of the molecule is CC(C)(CCCO[N+](=O)[O-])c1ccc2c(c1)OC(C)(C)[C@@]1(O)CC=C(C(=O)O)C[C@H]21. The summed E-state index contributed by atoms with van der Waals surface area (Å²) >= 11 is 0. The minimum Gasteiger partial charge on any atom is -0.485 e. The Bertz CT molecular complexity index is 889. The Kier molecular flexibility index (Phi) is 5.58. The number of aliphatic hydroxyl groups is 1. The van der Waals surface area contributed by atoms with Gasteiger partial charge in [-0.25, -0.2) is 4.79 Å². The molecule has 2 N–H and O–H groups in total. The number of fused-ring (bicyclic) bond motifs is 3. The molecule has 0 saturated heterocycles. The first-order valence-corrected chi connectivity index (χ1v) is 10.1. The standard InChI is InChI=1S/C22H29NO7/c1-20(2,9-5-11-29-23(27)28)15-6-7-16-17-12-14(19(24)25)8-10-22(17,26)21(3,4)30-18(16)13-15/h6-8,13,17,26H,5,9-12H2,1-4H3,(H,24,25)/t17-,22-/m1/s1. The van der Waals surface area contributed by atoms with Crippen LogP contribution in [0.15, 0.2) is 29.8 Å². The Morgan fingerprint density at radius 1 is 1.40 bits per heavy atom. The summed E-state index contributed by atoms with van der Waals surface area (Å²) in [7, 11) is 0. The van der Waals surface area contributed by atoms with Crippen LogP contribution in [0.4, 0.5) is 0 Å². The Hall–Kier alpha value is -2.61. The predicted molar refractivity (Wildman–Crippen MR) is 109 cm³/mol. The molecule has 1 aromatic carbocycles. The first kappa shape index (κ1) is 22.1. The second-order valence-electron chi connectivity index (χ2n) is 9.33.